The molecule has 1 aromatic rings. The quantitative estimate of drug-likeness (QED) is 0.749. The number of fused-ring (bicyclic) bond motifs is 1. The number of anilines is 1. The molecule has 0 saturated heterocycles. The number of hydrogen-bond acceptors (Lipinski definition) is 5. The lowest BCUT2D eigenvalue weighted by Crippen LogP contribution is -2.29. The van der Waals surface area contributed by atoms with E-state index in [1.807, 2.05) is 13.8 Å². The Morgan fingerprint density at radius 2 is 1.94 bits per heavy atom. The number of aryl methyl sites for hydroxylation is 1. The van der Waals surface area contributed by atoms with Gasteiger partial charge in [0.05, 0.1) is 11.4 Å². The van der Waals surface area contributed by atoms with Crippen molar-refractivity contribution in [2.45, 2.75) is 26.7 Å². The van der Waals surface area contributed by atoms with Gasteiger partial charge in [-0.3, -0.25) is 0 Å². The summed E-state index contributed by atoms with van der Waals surface area (Å²) in [4.78, 5) is 8.48. The van der Waals surface area contributed by atoms with Crippen LogP contribution < -0.4 is 10.5 Å². The van der Waals surface area contributed by atoms with Gasteiger partial charge in [0, 0.05) is 0 Å². The predicted octanol–water partition coefficient (Wildman–Crippen LogP) is 0.284. The Kier molecular flexibility index (Phi) is 2.53. The van der Waals surface area contributed by atoms with Gasteiger partial charge in [0.2, 0.25) is 0 Å². The highest BCUT2D eigenvalue weighted by atomic mass is 32.2. The van der Waals surface area contributed by atoms with Gasteiger partial charge in [0.25, 0.3) is 0 Å². The minimum Gasteiger partial charge on any atom is -0.381 e. The molecule has 0 radical (unpaired) electrons. The van der Waals surface area contributed by atoms with Crippen LogP contribution in [0.5, 0.6) is 0 Å². The molecule has 0 atom stereocenters. The lowest BCUT2D eigenvalue weighted by Gasteiger charge is -2.17. The van der Waals surface area contributed by atoms with Crippen LogP contribution in [0.1, 0.15) is 36.8 Å². The van der Waals surface area contributed by atoms with Gasteiger partial charge in [-0.2, -0.15) is 8.42 Å². The Bertz CT molecular complexity index is 606. The van der Waals surface area contributed by atoms with Crippen LogP contribution in [0.4, 0.5) is 5.82 Å². The van der Waals surface area contributed by atoms with Gasteiger partial charge >= 0.3 is 10.2 Å². The number of nitrogens with one attached hydrogen (secondary N) is 1. The Hall–Kier alpha value is -1.70. The number of nitrogens with two attached hydrogens (primary N) is 1. The molecule has 0 amide bonds. The van der Waals surface area contributed by atoms with Crippen LogP contribution in [-0.2, 0) is 10.2 Å². The Labute approximate surface area is 99.4 Å². The van der Waals surface area contributed by atoms with Crippen molar-refractivity contribution in [1.82, 2.24) is 9.97 Å². The largest absolute Gasteiger partial charge is 0.381 e. The second-order valence-corrected chi connectivity index (χ2v) is 5.44. The summed E-state index contributed by atoms with van der Waals surface area (Å²) in [5, 5.41) is 0. The summed E-state index contributed by atoms with van der Waals surface area (Å²) >= 11 is 0. The second-order valence-electron chi connectivity index (χ2n) is 4.10. The lowest BCUT2D eigenvalue weighted by molar-refractivity contribution is 0.602. The Morgan fingerprint density at radius 1 is 1.29 bits per heavy atom. The van der Waals surface area contributed by atoms with Crippen molar-refractivity contribution in [3.8, 4) is 0 Å². The molecule has 0 aliphatic carbocycles. The van der Waals surface area contributed by atoms with E-state index < -0.39 is 10.2 Å². The molecular formula is C9H13N5O2S. The molecule has 0 spiro atoms. The molecule has 8 heteroatoms. The van der Waals surface area contributed by atoms with Crippen molar-refractivity contribution in [2.24, 2.45) is 10.1 Å². The summed E-state index contributed by atoms with van der Waals surface area (Å²) in [5.74, 6) is 0.161. The third-order valence-electron chi connectivity index (χ3n) is 2.34. The fourth-order valence-electron chi connectivity index (χ4n) is 1.65. The van der Waals surface area contributed by atoms with E-state index in [9.17, 15) is 8.42 Å². The van der Waals surface area contributed by atoms with Crippen molar-refractivity contribution in [3.63, 3.8) is 0 Å². The first kappa shape index (κ1) is 11.8. The highest BCUT2D eigenvalue weighted by Gasteiger charge is 2.25. The molecule has 0 fully saturated rings. The van der Waals surface area contributed by atoms with Gasteiger partial charge < -0.3 is 5.73 Å². The normalized spacial score (nSPS) is 17.3. The SMILES string of the molecule is Cc1nc2c(nc1C(C)C)NS(=O)(=O)N=C2N. The summed E-state index contributed by atoms with van der Waals surface area (Å²) in [6.45, 7) is 5.72. The average molecular weight is 255 g/mol. The molecule has 0 unspecified atom stereocenters. The Balaban J connectivity index is 2.66. The van der Waals surface area contributed by atoms with Gasteiger partial charge in [-0.05, 0) is 12.8 Å². The summed E-state index contributed by atoms with van der Waals surface area (Å²) < 4.78 is 28.2. The zero-order valence-electron chi connectivity index (χ0n) is 9.72. The molecule has 17 heavy (non-hydrogen) atoms. The Morgan fingerprint density at radius 3 is 2.53 bits per heavy atom. The maximum atomic E-state index is 11.3. The van der Waals surface area contributed by atoms with Crippen LogP contribution in [0.3, 0.4) is 0 Å². The van der Waals surface area contributed by atoms with Crippen LogP contribution in [-0.4, -0.2) is 24.2 Å². The fraction of sp³-hybridized carbons (Fsp3) is 0.444. The highest BCUT2D eigenvalue weighted by molar-refractivity contribution is 7.91. The van der Waals surface area contributed by atoms with E-state index in [0.717, 1.165) is 11.4 Å². The molecule has 0 bridgehead atoms. The first-order valence-electron chi connectivity index (χ1n) is 5.07. The first-order valence-corrected chi connectivity index (χ1v) is 6.51. The monoisotopic (exact) mass is 255 g/mol. The van der Waals surface area contributed by atoms with E-state index in [1.54, 1.807) is 6.92 Å². The van der Waals surface area contributed by atoms with E-state index in [4.69, 9.17) is 5.73 Å². The minimum atomic E-state index is -3.79. The van der Waals surface area contributed by atoms with Gasteiger partial charge in [0.15, 0.2) is 11.7 Å². The van der Waals surface area contributed by atoms with E-state index in [1.165, 1.54) is 0 Å². The highest BCUT2D eigenvalue weighted by Crippen LogP contribution is 2.23. The minimum absolute atomic E-state index is 0.135. The van der Waals surface area contributed by atoms with Gasteiger partial charge in [-0.25, -0.2) is 14.7 Å². The number of hydrogen-bond donors (Lipinski definition) is 2. The molecule has 1 aromatic heterocycles. The molecule has 7 nitrogen and oxygen atoms in total. The smallest absolute Gasteiger partial charge is 0.345 e. The summed E-state index contributed by atoms with van der Waals surface area (Å²) in [5.41, 5.74) is 7.28. The van der Waals surface area contributed by atoms with E-state index >= 15 is 0 Å². The molecule has 0 saturated carbocycles. The van der Waals surface area contributed by atoms with E-state index in [-0.39, 0.29) is 23.3 Å². The van der Waals surface area contributed by atoms with Crippen LogP contribution in [0, 0.1) is 6.92 Å². The lowest BCUT2D eigenvalue weighted by atomic mass is 10.1. The van der Waals surface area contributed by atoms with Crippen molar-refractivity contribution in [3.05, 3.63) is 17.1 Å². The van der Waals surface area contributed by atoms with Crippen molar-refractivity contribution in [1.29, 1.82) is 0 Å². The first-order chi connectivity index (χ1) is 7.80. The zero-order chi connectivity index (χ0) is 12.8. The third-order valence-corrected chi connectivity index (χ3v) is 3.23. The van der Waals surface area contributed by atoms with Crippen molar-refractivity contribution < 1.29 is 8.42 Å². The van der Waals surface area contributed by atoms with E-state index in [0.29, 0.717) is 0 Å². The van der Waals surface area contributed by atoms with Crippen molar-refractivity contribution in [2.75, 3.05) is 4.72 Å². The molecule has 3 N–H and O–H groups in total. The summed E-state index contributed by atoms with van der Waals surface area (Å²) in [6, 6.07) is 0. The molecule has 0 aromatic carbocycles. The summed E-state index contributed by atoms with van der Waals surface area (Å²) in [7, 11) is -3.79. The molecule has 2 heterocycles. The molecule has 92 valence electrons. The van der Waals surface area contributed by atoms with Crippen LogP contribution in [0.2, 0.25) is 0 Å². The third kappa shape index (κ3) is 2.07. The number of rotatable bonds is 1. The zero-order valence-corrected chi connectivity index (χ0v) is 10.5. The maximum absolute atomic E-state index is 11.3. The molecule has 2 rings (SSSR count). The molecule has 1 aliphatic rings. The van der Waals surface area contributed by atoms with Gasteiger partial charge in [-0.15, -0.1) is 4.40 Å². The topological polar surface area (TPSA) is 110 Å². The van der Waals surface area contributed by atoms with Gasteiger partial charge in [0.1, 0.15) is 5.69 Å². The average Bonchev–Trinajstić information content (AvgIpc) is 2.17. The standard InChI is InChI=1S/C9H13N5O2S/c1-4(2)6-5(3)11-7-8(10)13-17(15,16)14-9(7)12-6/h4H,1-3H3,(H2,10,13)(H,12,14). The fourth-order valence-corrected chi connectivity index (χ4v) is 2.42. The van der Waals surface area contributed by atoms with Crippen molar-refractivity contribution >= 4 is 21.9 Å². The van der Waals surface area contributed by atoms with Crippen LogP contribution >= 0.6 is 0 Å². The maximum Gasteiger partial charge on any atom is 0.345 e. The van der Waals surface area contributed by atoms with Crippen LogP contribution in [0.15, 0.2) is 4.40 Å². The molecule has 1 aliphatic heterocycles. The van der Waals surface area contributed by atoms with Crippen LogP contribution in [0.25, 0.3) is 0 Å². The predicted molar refractivity (Wildman–Crippen MR) is 64.1 cm³/mol. The number of nitrogens with zero attached hydrogens (tertiary/aromatic N) is 3. The summed E-state index contributed by atoms with van der Waals surface area (Å²) in [6.07, 6.45) is 0. The van der Waals surface area contributed by atoms with E-state index in [2.05, 4.69) is 19.1 Å². The number of amidine groups is 1. The molecular weight excluding hydrogens is 242 g/mol. The number of aromatic nitrogens is 2. The van der Waals surface area contributed by atoms with Gasteiger partial charge in [-0.1, -0.05) is 13.8 Å². The second kappa shape index (κ2) is 3.66.